The number of benzene rings is 1. The highest BCUT2D eigenvalue weighted by molar-refractivity contribution is 6.30. The van der Waals surface area contributed by atoms with Gasteiger partial charge < -0.3 is 15.3 Å². The fourth-order valence-electron chi connectivity index (χ4n) is 2.83. The molecule has 2 rings (SSSR count). The van der Waals surface area contributed by atoms with Crippen molar-refractivity contribution in [3.05, 3.63) is 34.9 Å². The van der Waals surface area contributed by atoms with E-state index in [1.54, 1.807) is 24.3 Å². The smallest absolute Gasteiger partial charge is 0.253 e. The van der Waals surface area contributed by atoms with Gasteiger partial charge in [-0.15, -0.1) is 0 Å². The van der Waals surface area contributed by atoms with Crippen LogP contribution >= 0.6 is 11.6 Å². The number of nitrogens with zero attached hydrogens (tertiary/aromatic N) is 1. The molecule has 128 valence electrons. The van der Waals surface area contributed by atoms with E-state index < -0.39 is 0 Å². The average Bonchev–Trinajstić information content (AvgIpc) is 2.55. The minimum absolute atomic E-state index is 0.0790. The summed E-state index contributed by atoms with van der Waals surface area (Å²) < 4.78 is 0. The van der Waals surface area contributed by atoms with E-state index >= 15 is 0 Å². The number of rotatable bonds is 6. The van der Waals surface area contributed by atoms with Crippen molar-refractivity contribution in [1.29, 1.82) is 0 Å². The minimum Gasteiger partial charge on any atom is -0.393 e. The number of nitrogens with one attached hydrogen (secondary N) is 1. The zero-order chi connectivity index (χ0) is 16.8. The summed E-state index contributed by atoms with van der Waals surface area (Å²) in [5, 5.41) is 14.0. The van der Waals surface area contributed by atoms with Gasteiger partial charge >= 0.3 is 0 Å². The van der Waals surface area contributed by atoms with Crippen molar-refractivity contribution in [2.75, 3.05) is 19.6 Å². The molecular formula is C18H27ClN2O2. The number of carbonyl (C=O) groups is 1. The Labute approximate surface area is 143 Å². The largest absolute Gasteiger partial charge is 0.393 e. The predicted molar refractivity (Wildman–Crippen MR) is 93.8 cm³/mol. The Morgan fingerprint density at radius 3 is 2.48 bits per heavy atom. The van der Waals surface area contributed by atoms with Crippen LogP contribution in [0, 0.1) is 5.92 Å². The molecule has 1 aromatic rings. The number of piperidine rings is 1. The van der Waals surface area contributed by atoms with Crippen LogP contribution in [0.25, 0.3) is 0 Å². The predicted octanol–water partition coefficient (Wildman–Crippen LogP) is 2.94. The van der Waals surface area contributed by atoms with Crippen LogP contribution in [-0.2, 0) is 0 Å². The van der Waals surface area contributed by atoms with Crippen molar-refractivity contribution in [1.82, 2.24) is 10.2 Å². The molecule has 5 heteroatoms. The standard InChI is InChI=1S/C18H27ClN2O2/c1-13(2)17(22)7-10-20-16-8-11-21(12-9-16)18(23)14-3-5-15(19)6-4-14/h3-6,13,16-17,20,22H,7-12H2,1-2H3. The van der Waals surface area contributed by atoms with Crippen molar-refractivity contribution in [3.63, 3.8) is 0 Å². The molecular weight excluding hydrogens is 312 g/mol. The molecule has 0 aliphatic carbocycles. The van der Waals surface area contributed by atoms with E-state index in [1.807, 2.05) is 18.7 Å². The zero-order valence-corrected chi connectivity index (χ0v) is 14.7. The Bertz CT molecular complexity index is 496. The summed E-state index contributed by atoms with van der Waals surface area (Å²) in [6.45, 7) is 6.43. The number of amides is 1. The van der Waals surface area contributed by atoms with Gasteiger partial charge in [-0.2, -0.15) is 0 Å². The molecule has 1 fully saturated rings. The third-order valence-electron chi connectivity index (χ3n) is 4.52. The van der Waals surface area contributed by atoms with Crippen LogP contribution in [0.15, 0.2) is 24.3 Å². The van der Waals surface area contributed by atoms with Gasteiger partial charge in [0.2, 0.25) is 0 Å². The summed E-state index contributed by atoms with van der Waals surface area (Å²) in [7, 11) is 0. The monoisotopic (exact) mass is 338 g/mol. The van der Waals surface area contributed by atoms with Crippen molar-refractivity contribution >= 4 is 17.5 Å². The molecule has 0 bridgehead atoms. The number of aliphatic hydroxyl groups excluding tert-OH is 1. The molecule has 0 spiro atoms. The second-order valence-corrected chi connectivity index (χ2v) is 7.06. The summed E-state index contributed by atoms with van der Waals surface area (Å²) in [5.74, 6) is 0.381. The number of hydrogen-bond acceptors (Lipinski definition) is 3. The molecule has 0 radical (unpaired) electrons. The number of hydrogen-bond donors (Lipinski definition) is 2. The molecule has 1 aliphatic rings. The van der Waals surface area contributed by atoms with Crippen LogP contribution in [0.4, 0.5) is 0 Å². The Morgan fingerprint density at radius 2 is 1.91 bits per heavy atom. The first kappa shape index (κ1) is 18.2. The lowest BCUT2D eigenvalue weighted by atomic mass is 10.0. The Balaban J connectivity index is 1.73. The van der Waals surface area contributed by atoms with Gasteiger partial charge in [0.25, 0.3) is 5.91 Å². The minimum atomic E-state index is -0.242. The van der Waals surface area contributed by atoms with Gasteiger partial charge in [-0.3, -0.25) is 4.79 Å². The molecule has 0 saturated carbocycles. The summed E-state index contributed by atoms with van der Waals surface area (Å²) in [5.41, 5.74) is 0.695. The molecule has 2 N–H and O–H groups in total. The number of likely N-dealkylation sites (tertiary alicyclic amines) is 1. The van der Waals surface area contributed by atoms with E-state index in [0.717, 1.165) is 38.9 Å². The van der Waals surface area contributed by atoms with Gasteiger partial charge in [0, 0.05) is 29.7 Å². The molecule has 1 amide bonds. The van der Waals surface area contributed by atoms with E-state index in [9.17, 15) is 9.90 Å². The second kappa shape index (κ2) is 8.67. The van der Waals surface area contributed by atoms with Crippen molar-refractivity contribution in [2.45, 2.75) is 45.3 Å². The van der Waals surface area contributed by atoms with Crippen molar-refractivity contribution < 1.29 is 9.90 Å². The van der Waals surface area contributed by atoms with Gasteiger partial charge in [-0.25, -0.2) is 0 Å². The van der Waals surface area contributed by atoms with Crippen LogP contribution in [0.2, 0.25) is 5.02 Å². The molecule has 1 heterocycles. The number of halogens is 1. The lowest BCUT2D eigenvalue weighted by Gasteiger charge is -2.33. The highest BCUT2D eigenvalue weighted by Crippen LogP contribution is 2.16. The fraction of sp³-hybridized carbons (Fsp3) is 0.611. The van der Waals surface area contributed by atoms with E-state index in [0.29, 0.717) is 22.5 Å². The van der Waals surface area contributed by atoms with Gasteiger partial charge in [0.05, 0.1) is 6.10 Å². The molecule has 4 nitrogen and oxygen atoms in total. The Morgan fingerprint density at radius 1 is 1.30 bits per heavy atom. The maximum atomic E-state index is 12.4. The van der Waals surface area contributed by atoms with Crippen molar-refractivity contribution in [3.8, 4) is 0 Å². The molecule has 1 aromatic carbocycles. The topological polar surface area (TPSA) is 52.6 Å². The molecule has 1 saturated heterocycles. The highest BCUT2D eigenvalue weighted by atomic mass is 35.5. The average molecular weight is 339 g/mol. The SMILES string of the molecule is CC(C)C(O)CCNC1CCN(C(=O)c2ccc(Cl)cc2)CC1. The van der Waals surface area contributed by atoms with Crippen LogP contribution in [0.3, 0.4) is 0 Å². The molecule has 1 atom stereocenters. The quantitative estimate of drug-likeness (QED) is 0.838. The first-order valence-corrected chi connectivity index (χ1v) is 8.81. The first-order valence-electron chi connectivity index (χ1n) is 8.43. The summed E-state index contributed by atoms with van der Waals surface area (Å²) in [6, 6.07) is 7.50. The summed E-state index contributed by atoms with van der Waals surface area (Å²) in [6.07, 6.45) is 2.45. The summed E-state index contributed by atoms with van der Waals surface area (Å²) >= 11 is 5.86. The molecule has 0 aromatic heterocycles. The lowest BCUT2D eigenvalue weighted by molar-refractivity contribution is 0.0702. The van der Waals surface area contributed by atoms with Crippen LogP contribution < -0.4 is 5.32 Å². The third-order valence-corrected chi connectivity index (χ3v) is 4.77. The van der Waals surface area contributed by atoms with Gasteiger partial charge in [0.15, 0.2) is 0 Å². The maximum Gasteiger partial charge on any atom is 0.253 e. The molecule has 1 aliphatic heterocycles. The first-order chi connectivity index (χ1) is 11.0. The van der Waals surface area contributed by atoms with E-state index in [-0.39, 0.29) is 12.0 Å². The number of carbonyl (C=O) groups excluding carboxylic acids is 1. The third kappa shape index (κ3) is 5.48. The van der Waals surface area contributed by atoms with Crippen LogP contribution in [0.1, 0.15) is 43.5 Å². The second-order valence-electron chi connectivity index (χ2n) is 6.63. The van der Waals surface area contributed by atoms with Gasteiger partial charge in [-0.1, -0.05) is 25.4 Å². The summed E-state index contributed by atoms with van der Waals surface area (Å²) in [4.78, 5) is 14.3. The Kier molecular flexibility index (Phi) is 6.88. The van der Waals surface area contributed by atoms with E-state index in [2.05, 4.69) is 5.32 Å². The zero-order valence-electron chi connectivity index (χ0n) is 14.0. The van der Waals surface area contributed by atoms with Crippen LogP contribution in [0.5, 0.6) is 0 Å². The van der Waals surface area contributed by atoms with Crippen molar-refractivity contribution in [2.24, 2.45) is 5.92 Å². The van der Waals surface area contributed by atoms with Gasteiger partial charge in [0.1, 0.15) is 0 Å². The lowest BCUT2D eigenvalue weighted by Crippen LogP contribution is -2.45. The van der Waals surface area contributed by atoms with Crippen LogP contribution in [-0.4, -0.2) is 47.7 Å². The number of aliphatic hydroxyl groups is 1. The highest BCUT2D eigenvalue weighted by Gasteiger charge is 2.23. The Hall–Kier alpha value is -1.10. The van der Waals surface area contributed by atoms with E-state index in [4.69, 9.17) is 11.6 Å². The maximum absolute atomic E-state index is 12.4. The van der Waals surface area contributed by atoms with E-state index in [1.165, 1.54) is 0 Å². The van der Waals surface area contributed by atoms with Gasteiger partial charge in [-0.05, 0) is 56.0 Å². The normalized spacial score (nSPS) is 17.5. The molecule has 1 unspecified atom stereocenters. The molecule has 23 heavy (non-hydrogen) atoms. The fourth-order valence-corrected chi connectivity index (χ4v) is 2.96.